The molecular weight excluding hydrogens is 777 g/mol. The Kier molecular flexibility index (Phi) is 7.95. The highest BCUT2D eigenvalue weighted by Gasteiger charge is 2.36. The van der Waals surface area contributed by atoms with Crippen molar-refractivity contribution in [1.29, 1.82) is 0 Å². The topological polar surface area (TPSA) is 19.6 Å². The first kappa shape index (κ1) is 36.5. The third-order valence-electron chi connectivity index (χ3n) is 13.7. The quantitative estimate of drug-likeness (QED) is 0.156. The number of nitrogens with zero attached hydrogens (tertiary/aromatic N) is 2. The summed E-state index contributed by atoms with van der Waals surface area (Å²) in [6, 6.07) is 79.8. The summed E-state index contributed by atoms with van der Waals surface area (Å²) in [6.07, 6.45) is 0. The van der Waals surface area contributed by atoms with E-state index in [1.807, 2.05) is 0 Å². The summed E-state index contributed by atoms with van der Waals surface area (Å²) in [7, 11) is 0. The van der Waals surface area contributed by atoms with Gasteiger partial charge in [0.25, 0.3) is 0 Å². The van der Waals surface area contributed by atoms with Gasteiger partial charge < -0.3 is 14.2 Å². The molecule has 1 aromatic heterocycles. The van der Waals surface area contributed by atoms with E-state index in [2.05, 4.69) is 242 Å². The van der Waals surface area contributed by atoms with Gasteiger partial charge in [-0.2, -0.15) is 0 Å². The van der Waals surface area contributed by atoms with Crippen LogP contribution in [0.1, 0.15) is 25.0 Å². The lowest BCUT2D eigenvalue weighted by molar-refractivity contribution is 0.661. The number of para-hydroxylation sites is 2. The van der Waals surface area contributed by atoms with Crippen LogP contribution in [-0.4, -0.2) is 0 Å². The summed E-state index contributed by atoms with van der Waals surface area (Å²) >= 11 is 0. The second kappa shape index (κ2) is 13.9. The minimum absolute atomic E-state index is 0.173. The molecule has 0 bridgehead atoms. The van der Waals surface area contributed by atoms with Crippen LogP contribution in [0.25, 0.3) is 76.2 Å². The Labute approximate surface area is 371 Å². The molecule has 0 fully saturated rings. The van der Waals surface area contributed by atoms with Crippen molar-refractivity contribution in [2.24, 2.45) is 0 Å². The summed E-state index contributed by atoms with van der Waals surface area (Å²) in [5.41, 5.74) is 13.4. The van der Waals surface area contributed by atoms with E-state index in [1.54, 1.807) is 0 Å². The van der Waals surface area contributed by atoms with Crippen molar-refractivity contribution in [3.05, 3.63) is 230 Å². The monoisotopic (exact) mass is 818 g/mol. The third kappa shape index (κ3) is 5.60. The van der Waals surface area contributed by atoms with E-state index in [1.165, 1.54) is 60.0 Å². The maximum atomic E-state index is 6.68. The molecule has 0 unspecified atom stereocenters. The SMILES string of the molecule is CC1(C)c2cc(N(c3ccccc3)c3ccc4c(c3)c(N(c3ccccc3)c3ccc5c(c3)oc3cc6ccccc6cc35)cc3ccccc34)ccc2-c2cc3ccccc3cc21. The first-order chi connectivity index (χ1) is 31.5. The van der Waals surface area contributed by atoms with Crippen LogP contribution in [0.3, 0.4) is 0 Å². The van der Waals surface area contributed by atoms with E-state index < -0.39 is 0 Å². The maximum Gasteiger partial charge on any atom is 0.137 e. The van der Waals surface area contributed by atoms with Crippen molar-refractivity contribution in [3.63, 3.8) is 0 Å². The smallest absolute Gasteiger partial charge is 0.137 e. The van der Waals surface area contributed by atoms with Gasteiger partial charge in [0.2, 0.25) is 0 Å². The maximum absolute atomic E-state index is 6.68. The van der Waals surface area contributed by atoms with E-state index >= 15 is 0 Å². The van der Waals surface area contributed by atoms with Gasteiger partial charge in [0.1, 0.15) is 11.2 Å². The predicted octanol–water partition coefficient (Wildman–Crippen LogP) is 17.4. The fraction of sp³-hybridized carbons (Fsp3) is 0.0492. The van der Waals surface area contributed by atoms with Crippen LogP contribution in [0.15, 0.2) is 223 Å². The van der Waals surface area contributed by atoms with Gasteiger partial charge in [-0.3, -0.25) is 0 Å². The van der Waals surface area contributed by atoms with Crippen LogP contribution in [0, 0.1) is 0 Å². The molecule has 13 rings (SSSR count). The molecule has 0 atom stereocenters. The lowest BCUT2D eigenvalue weighted by Crippen LogP contribution is -2.16. The Hall–Kier alpha value is -8.14. The van der Waals surface area contributed by atoms with Crippen molar-refractivity contribution in [2.45, 2.75) is 19.3 Å². The van der Waals surface area contributed by atoms with E-state index in [-0.39, 0.29) is 5.41 Å². The molecule has 0 radical (unpaired) electrons. The Morgan fingerprint density at radius 2 is 0.844 bits per heavy atom. The summed E-state index contributed by atoms with van der Waals surface area (Å²) < 4.78 is 6.68. The summed E-state index contributed by atoms with van der Waals surface area (Å²) in [5.74, 6) is 0. The Morgan fingerprint density at radius 3 is 1.58 bits per heavy atom. The molecule has 12 aromatic rings. The summed E-state index contributed by atoms with van der Waals surface area (Å²) in [4.78, 5) is 4.82. The first-order valence-electron chi connectivity index (χ1n) is 22.2. The van der Waals surface area contributed by atoms with Gasteiger partial charge in [0, 0.05) is 56.1 Å². The van der Waals surface area contributed by atoms with Crippen LogP contribution >= 0.6 is 0 Å². The predicted molar refractivity (Wildman–Crippen MR) is 271 cm³/mol. The average molecular weight is 819 g/mol. The molecule has 0 saturated heterocycles. The van der Waals surface area contributed by atoms with Crippen molar-refractivity contribution in [3.8, 4) is 11.1 Å². The number of furan rings is 1. The van der Waals surface area contributed by atoms with Crippen molar-refractivity contribution < 1.29 is 4.42 Å². The average Bonchev–Trinajstić information content (AvgIpc) is 3.80. The third-order valence-corrected chi connectivity index (χ3v) is 13.7. The standard InChI is InChI=1S/C61H42N2O/c1-61(2)56-33-41-17-11-9-15-39(41)31-53(56)51-29-26-47(37-57(51)61)62(44-20-5-3-6-21-44)46-25-28-50-49-24-14-13-19-43(49)34-58(54(50)36-46)63(45-22-7-4-8-23-45)48-27-30-52-55-32-40-16-10-12-18-42(40)35-59(55)64-60(52)38-48/h3-38H,1-2H3. The van der Waals surface area contributed by atoms with Gasteiger partial charge in [-0.15, -0.1) is 0 Å². The number of hydrogen-bond donors (Lipinski definition) is 0. The van der Waals surface area contributed by atoms with Gasteiger partial charge in [0.15, 0.2) is 0 Å². The molecule has 1 aliphatic rings. The van der Waals surface area contributed by atoms with E-state index in [9.17, 15) is 0 Å². The van der Waals surface area contributed by atoms with Crippen LogP contribution in [-0.2, 0) is 5.41 Å². The summed E-state index contributed by atoms with van der Waals surface area (Å²) in [5, 5.41) is 11.9. The molecule has 11 aromatic carbocycles. The van der Waals surface area contributed by atoms with Gasteiger partial charge >= 0.3 is 0 Å². The normalized spacial score (nSPS) is 13.0. The number of hydrogen-bond acceptors (Lipinski definition) is 3. The lowest BCUT2D eigenvalue weighted by Gasteiger charge is -2.30. The molecule has 3 nitrogen and oxygen atoms in total. The second-order valence-corrected chi connectivity index (χ2v) is 17.8. The molecule has 0 spiro atoms. The Bertz CT molecular complexity index is 3830. The minimum atomic E-state index is -0.173. The minimum Gasteiger partial charge on any atom is -0.456 e. The highest BCUT2D eigenvalue weighted by molar-refractivity contribution is 6.16. The zero-order valence-electron chi connectivity index (χ0n) is 35.6. The molecule has 1 aliphatic carbocycles. The lowest BCUT2D eigenvalue weighted by atomic mass is 9.81. The Morgan fingerprint density at radius 1 is 0.312 bits per heavy atom. The number of anilines is 6. The highest BCUT2D eigenvalue weighted by Crippen LogP contribution is 2.52. The fourth-order valence-corrected chi connectivity index (χ4v) is 10.6. The van der Waals surface area contributed by atoms with Crippen LogP contribution < -0.4 is 9.80 Å². The van der Waals surface area contributed by atoms with Crippen LogP contribution in [0.4, 0.5) is 34.1 Å². The Balaban J connectivity index is 1.02. The largest absolute Gasteiger partial charge is 0.456 e. The van der Waals surface area contributed by atoms with Gasteiger partial charge in [0.05, 0.1) is 5.69 Å². The number of benzene rings is 11. The van der Waals surface area contributed by atoms with E-state index in [0.717, 1.165) is 61.4 Å². The van der Waals surface area contributed by atoms with Gasteiger partial charge in [-0.25, -0.2) is 0 Å². The molecule has 0 aliphatic heterocycles. The van der Waals surface area contributed by atoms with E-state index in [4.69, 9.17) is 4.42 Å². The van der Waals surface area contributed by atoms with Gasteiger partial charge in [-0.1, -0.05) is 135 Å². The number of fused-ring (bicyclic) bond motifs is 11. The van der Waals surface area contributed by atoms with Crippen molar-refractivity contribution in [2.75, 3.05) is 9.80 Å². The van der Waals surface area contributed by atoms with Crippen molar-refractivity contribution in [1.82, 2.24) is 0 Å². The number of rotatable bonds is 6. The molecule has 302 valence electrons. The van der Waals surface area contributed by atoms with Crippen molar-refractivity contribution >= 4 is 99.2 Å². The molecule has 3 heteroatoms. The second-order valence-electron chi connectivity index (χ2n) is 17.8. The first-order valence-corrected chi connectivity index (χ1v) is 22.2. The zero-order chi connectivity index (χ0) is 42.5. The molecule has 0 N–H and O–H groups in total. The molecular formula is C61H42N2O. The molecule has 0 amide bonds. The summed E-state index contributed by atoms with van der Waals surface area (Å²) in [6.45, 7) is 4.75. The van der Waals surface area contributed by atoms with Crippen LogP contribution in [0.2, 0.25) is 0 Å². The molecule has 0 saturated carbocycles. The molecule has 1 heterocycles. The molecule has 64 heavy (non-hydrogen) atoms. The van der Waals surface area contributed by atoms with Crippen LogP contribution in [0.5, 0.6) is 0 Å². The fourth-order valence-electron chi connectivity index (χ4n) is 10.6. The van der Waals surface area contributed by atoms with E-state index in [0.29, 0.717) is 0 Å². The zero-order valence-corrected chi connectivity index (χ0v) is 35.6. The van der Waals surface area contributed by atoms with Gasteiger partial charge in [-0.05, 0) is 151 Å². The highest BCUT2D eigenvalue weighted by atomic mass is 16.3.